The number of para-hydroxylation sites is 2. The fourth-order valence-electron chi connectivity index (χ4n) is 2.28. The Bertz CT molecular complexity index is 901. The molecule has 0 aliphatic rings. The molecule has 0 saturated heterocycles. The van der Waals surface area contributed by atoms with Gasteiger partial charge in [-0.3, -0.25) is 4.79 Å². The molecular formula is C14H14F3N6O2+. The molecule has 4 N–H and O–H groups in total. The number of hydrogen-bond donors (Lipinski definition) is 2. The molecule has 2 aromatic heterocycles. The molecule has 8 nitrogen and oxygen atoms in total. The predicted octanol–water partition coefficient (Wildman–Crippen LogP) is 0.458. The summed E-state index contributed by atoms with van der Waals surface area (Å²) < 4.78 is 45.5. The molecule has 0 unspecified atom stereocenters. The van der Waals surface area contributed by atoms with Crippen LogP contribution in [0, 0.1) is 0 Å². The van der Waals surface area contributed by atoms with Gasteiger partial charge in [-0.2, -0.15) is 18.2 Å². The first kappa shape index (κ1) is 16.9. The van der Waals surface area contributed by atoms with Crippen molar-refractivity contribution in [3.05, 3.63) is 41.8 Å². The molecular weight excluding hydrogens is 341 g/mol. The van der Waals surface area contributed by atoms with Crippen molar-refractivity contribution in [1.29, 1.82) is 0 Å². The Balaban J connectivity index is 1.93. The Hall–Kier alpha value is -2.95. The van der Waals surface area contributed by atoms with Crippen LogP contribution < -0.4 is 11.1 Å². The molecule has 0 aliphatic carbocycles. The first-order chi connectivity index (χ1) is 11.9. The van der Waals surface area contributed by atoms with Gasteiger partial charge in [0.1, 0.15) is 0 Å². The molecule has 11 heteroatoms. The predicted molar refractivity (Wildman–Crippen MR) is 78.2 cm³/mol. The Labute approximate surface area is 138 Å². The van der Waals surface area contributed by atoms with Gasteiger partial charge in [-0.15, -0.1) is 0 Å². The van der Waals surface area contributed by atoms with E-state index in [-0.39, 0.29) is 29.3 Å². The van der Waals surface area contributed by atoms with Crippen LogP contribution in [-0.2, 0) is 12.7 Å². The lowest BCUT2D eigenvalue weighted by Crippen LogP contribution is -2.54. The number of nitrogens with zero attached hydrogens (tertiary/aromatic N) is 4. The summed E-state index contributed by atoms with van der Waals surface area (Å²) in [5.74, 6) is -2.05. The zero-order valence-electron chi connectivity index (χ0n) is 12.9. The highest BCUT2D eigenvalue weighted by Crippen LogP contribution is 2.31. The zero-order valence-corrected chi connectivity index (χ0v) is 12.9. The number of benzene rings is 1. The van der Waals surface area contributed by atoms with Gasteiger partial charge in [0.25, 0.3) is 0 Å². The van der Waals surface area contributed by atoms with Crippen LogP contribution >= 0.6 is 0 Å². The van der Waals surface area contributed by atoms with Crippen molar-refractivity contribution >= 4 is 16.9 Å². The van der Waals surface area contributed by atoms with Gasteiger partial charge in [-0.25, -0.2) is 4.98 Å². The van der Waals surface area contributed by atoms with Crippen LogP contribution in [0.15, 0.2) is 28.8 Å². The highest BCUT2D eigenvalue weighted by molar-refractivity contribution is 5.89. The van der Waals surface area contributed by atoms with Crippen molar-refractivity contribution in [2.24, 2.45) is 0 Å². The molecule has 25 heavy (non-hydrogen) atoms. The van der Waals surface area contributed by atoms with E-state index in [0.717, 1.165) is 4.57 Å². The molecule has 0 bridgehead atoms. The Morgan fingerprint density at radius 1 is 1.28 bits per heavy atom. The lowest BCUT2D eigenvalue weighted by atomic mass is 10.3. The maximum atomic E-state index is 13.2. The third-order valence-corrected chi connectivity index (χ3v) is 3.33. The Morgan fingerprint density at radius 3 is 2.76 bits per heavy atom. The normalized spacial score (nSPS) is 11.8. The molecule has 132 valence electrons. The molecule has 3 aromatic rings. The molecule has 2 heterocycles. The smallest absolute Gasteiger partial charge is 0.356 e. The first-order valence-corrected chi connectivity index (χ1v) is 7.32. The van der Waals surface area contributed by atoms with Crippen LogP contribution in [0.1, 0.15) is 22.3 Å². The third kappa shape index (κ3) is 3.45. The average Bonchev–Trinajstić information content (AvgIpc) is 3.18. The summed E-state index contributed by atoms with van der Waals surface area (Å²) in [5, 5.41) is 6.06. The molecule has 0 spiro atoms. The van der Waals surface area contributed by atoms with E-state index in [1.54, 1.807) is 12.1 Å². The third-order valence-electron chi connectivity index (χ3n) is 3.33. The first-order valence-electron chi connectivity index (χ1n) is 7.32. The van der Waals surface area contributed by atoms with E-state index in [1.807, 2.05) is 0 Å². The quantitative estimate of drug-likeness (QED) is 0.690. The van der Waals surface area contributed by atoms with Crippen molar-refractivity contribution in [2.45, 2.75) is 12.7 Å². The number of fused-ring (bicyclic) bond motifs is 1. The van der Waals surface area contributed by atoms with Gasteiger partial charge >= 0.3 is 18.0 Å². The highest BCUT2D eigenvalue weighted by Gasteiger charge is 2.37. The Kier molecular flexibility index (Phi) is 4.40. The van der Waals surface area contributed by atoms with E-state index in [4.69, 9.17) is 4.52 Å². The molecule has 3 rings (SSSR count). The summed E-state index contributed by atoms with van der Waals surface area (Å²) in [6.45, 7) is 0.463. The number of rotatable bonds is 5. The number of hydrogen-bond acceptors (Lipinski definition) is 5. The maximum Gasteiger partial charge on any atom is 0.449 e. The SMILES string of the molecule is [NH3+]CCNC(=O)c1nc(Cn2c(C(F)(F)F)nc3ccccc32)no1. The number of amides is 1. The van der Waals surface area contributed by atoms with Crippen LogP contribution in [0.25, 0.3) is 11.0 Å². The maximum absolute atomic E-state index is 13.2. The summed E-state index contributed by atoms with van der Waals surface area (Å²) in [5.41, 5.74) is 4.05. The van der Waals surface area contributed by atoms with Gasteiger partial charge in [-0.05, 0) is 12.1 Å². The lowest BCUT2D eigenvalue weighted by molar-refractivity contribution is -0.364. The summed E-state index contributed by atoms with van der Waals surface area (Å²) in [4.78, 5) is 19.2. The number of halogens is 3. The van der Waals surface area contributed by atoms with E-state index in [1.165, 1.54) is 12.1 Å². The van der Waals surface area contributed by atoms with Crippen LogP contribution in [0.5, 0.6) is 0 Å². The average molecular weight is 355 g/mol. The summed E-state index contributed by atoms with van der Waals surface area (Å²) in [6, 6.07) is 6.20. The van der Waals surface area contributed by atoms with Gasteiger partial charge in [0, 0.05) is 0 Å². The largest absolute Gasteiger partial charge is 0.449 e. The fraction of sp³-hybridized carbons (Fsp3) is 0.286. The monoisotopic (exact) mass is 355 g/mol. The second-order valence-electron chi connectivity index (χ2n) is 5.13. The van der Waals surface area contributed by atoms with Crippen LogP contribution in [0.2, 0.25) is 0 Å². The minimum absolute atomic E-state index is 0.0616. The van der Waals surface area contributed by atoms with E-state index < -0.39 is 17.9 Å². The molecule has 1 aromatic carbocycles. The zero-order chi connectivity index (χ0) is 18.0. The number of quaternary nitrogens is 1. The van der Waals surface area contributed by atoms with Crippen molar-refractivity contribution in [2.75, 3.05) is 13.1 Å². The molecule has 1 amide bonds. The van der Waals surface area contributed by atoms with E-state index in [9.17, 15) is 18.0 Å². The molecule has 0 fully saturated rings. The van der Waals surface area contributed by atoms with Gasteiger partial charge in [0.05, 0.1) is 30.7 Å². The summed E-state index contributed by atoms with van der Waals surface area (Å²) >= 11 is 0. The number of carbonyl (C=O) groups excluding carboxylic acids is 1. The van der Waals surface area contributed by atoms with Gasteiger partial charge in [0.15, 0.2) is 5.82 Å². The molecule has 0 aliphatic heterocycles. The van der Waals surface area contributed by atoms with Crippen LogP contribution in [0.4, 0.5) is 13.2 Å². The minimum atomic E-state index is -4.64. The molecule has 0 radical (unpaired) electrons. The molecule has 0 atom stereocenters. The molecule has 0 saturated carbocycles. The number of nitrogens with one attached hydrogen (secondary N) is 1. The van der Waals surface area contributed by atoms with Crippen molar-refractivity contribution < 1.29 is 28.2 Å². The van der Waals surface area contributed by atoms with Gasteiger partial charge < -0.3 is 20.1 Å². The number of alkyl halides is 3. The van der Waals surface area contributed by atoms with E-state index >= 15 is 0 Å². The standard InChI is InChI=1S/C14H13F3N6O2/c15-14(16,17)13-20-8-3-1-2-4-9(8)23(13)7-10-21-12(25-22-10)11(24)19-6-5-18/h1-4H,5-7,18H2,(H,19,24)/p+1. The van der Waals surface area contributed by atoms with Crippen LogP contribution in [-0.4, -0.2) is 38.7 Å². The summed E-state index contributed by atoms with van der Waals surface area (Å²) in [7, 11) is 0. The minimum Gasteiger partial charge on any atom is -0.356 e. The number of imidazole rings is 1. The van der Waals surface area contributed by atoms with Crippen molar-refractivity contribution in [3.8, 4) is 0 Å². The van der Waals surface area contributed by atoms with Crippen molar-refractivity contribution in [3.63, 3.8) is 0 Å². The second-order valence-corrected chi connectivity index (χ2v) is 5.13. The second kappa shape index (κ2) is 6.51. The lowest BCUT2D eigenvalue weighted by Gasteiger charge is -2.09. The summed E-state index contributed by atoms with van der Waals surface area (Å²) in [6.07, 6.45) is -4.64. The number of aromatic nitrogens is 4. The van der Waals surface area contributed by atoms with Gasteiger partial charge in [-0.1, -0.05) is 17.3 Å². The Morgan fingerprint density at radius 2 is 2.04 bits per heavy atom. The van der Waals surface area contributed by atoms with E-state index in [0.29, 0.717) is 13.1 Å². The van der Waals surface area contributed by atoms with Crippen molar-refractivity contribution in [1.82, 2.24) is 25.0 Å². The van der Waals surface area contributed by atoms with Gasteiger partial charge in [0.2, 0.25) is 5.82 Å². The van der Waals surface area contributed by atoms with E-state index in [2.05, 4.69) is 26.2 Å². The van der Waals surface area contributed by atoms with Crippen LogP contribution in [0.3, 0.4) is 0 Å². The highest BCUT2D eigenvalue weighted by atomic mass is 19.4. The number of carbonyl (C=O) groups is 1. The topological polar surface area (TPSA) is 113 Å². The fourth-order valence-corrected chi connectivity index (χ4v) is 2.28.